The predicted molar refractivity (Wildman–Crippen MR) is 92.6 cm³/mol. The number of sulfonamides is 1. The number of carbonyl (C=O) groups is 1. The van der Waals surface area contributed by atoms with Crippen molar-refractivity contribution in [2.45, 2.75) is 18.7 Å². The van der Waals surface area contributed by atoms with Gasteiger partial charge < -0.3 is 10.1 Å². The van der Waals surface area contributed by atoms with Crippen molar-refractivity contribution in [3.63, 3.8) is 0 Å². The number of carbonyl (C=O) groups excluding carboxylic acids is 1. The molecule has 2 N–H and O–H groups in total. The van der Waals surface area contributed by atoms with E-state index >= 15 is 0 Å². The normalized spacial score (nSPS) is 11.1. The van der Waals surface area contributed by atoms with E-state index in [9.17, 15) is 13.2 Å². The van der Waals surface area contributed by atoms with Crippen LogP contribution in [0, 0.1) is 6.92 Å². The minimum absolute atomic E-state index is 0.132. The summed E-state index contributed by atoms with van der Waals surface area (Å²) in [5, 5.41) is 2.58. The Hall–Kier alpha value is -2.38. The Labute approximate surface area is 141 Å². The van der Waals surface area contributed by atoms with Gasteiger partial charge in [0.15, 0.2) is 0 Å². The molecule has 2 aromatic rings. The summed E-state index contributed by atoms with van der Waals surface area (Å²) in [5.74, 6) is 0.492. The molecule has 1 amide bonds. The average Bonchev–Trinajstić information content (AvgIpc) is 2.52. The van der Waals surface area contributed by atoms with Gasteiger partial charge in [-0.1, -0.05) is 12.1 Å². The molecule has 0 aromatic heterocycles. The number of amides is 1. The first-order chi connectivity index (χ1) is 11.4. The maximum absolute atomic E-state index is 12.2. The molecule has 2 rings (SSSR count). The number of rotatable bonds is 7. The Bertz CT molecular complexity index is 802. The molecule has 0 saturated carbocycles. The molecule has 2 aromatic carbocycles. The minimum atomic E-state index is -3.61. The third-order valence-corrected chi connectivity index (χ3v) is 4.61. The molecule has 0 fully saturated rings. The van der Waals surface area contributed by atoms with Crippen LogP contribution in [0.2, 0.25) is 0 Å². The molecular weight excluding hydrogens is 328 g/mol. The van der Waals surface area contributed by atoms with E-state index < -0.39 is 10.0 Å². The molecule has 7 heteroatoms. The fourth-order valence-electron chi connectivity index (χ4n) is 2.05. The first-order valence-corrected chi connectivity index (χ1v) is 8.92. The monoisotopic (exact) mass is 348 g/mol. The highest BCUT2D eigenvalue weighted by atomic mass is 32.2. The van der Waals surface area contributed by atoms with Crippen LogP contribution < -0.4 is 14.8 Å². The van der Waals surface area contributed by atoms with Gasteiger partial charge in [-0.2, -0.15) is 0 Å². The van der Waals surface area contributed by atoms with E-state index in [-0.39, 0.29) is 24.0 Å². The maximum Gasteiger partial charge on any atom is 0.240 e. The number of ether oxygens (including phenoxy) is 1. The van der Waals surface area contributed by atoms with E-state index in [0.717, 1.165) is 5.56 Å². The zero-order chi connectivity index (χ0) is 17.6. The van der Waals surface area contributed by atoms with Crippen LogP contribution in [0.3, 0.4) is 0 Å². The highest BCUT2D eigenvalue weighted by molar-refractivity contribution is 7.89. The molecule has 6 nitrogen and oxygen atoms in total. The number of anilines is 1. The summed E-state index contributed by atoms with van der Waals surface area (Å²) in [6, 6.07) is 13.5. The number of hydrogen-bond acceptors (Lipinski definition) is 4. The second-order valence-corrected chi connectivity index (χ2v) is 7.04. The van der Waals surface area contributed by atoms with Gasteiger partial charge in [0.05, 0.1) is 4.90 Å². The van der Waals surface area contributed by atoms with Crippen LogP contribution in [0.5, 0.6) is 5.75 Å². The molecule has 0 radical (unpaired) electrons. The first-order valence-electron chi connectivity index (χ1n) is 7.43. The van der Waals surface area contributed by atoms with Crippen LogP contribution in [0.15, 0.2) is 53.4 Å². The van der Waals surface area contributed by atoms with E-state index in [1.807, 2.05) is 31.2 Å². The van der Waals surface area contributed by atoms with E-state index in [1.54, 1.807) is 12.1 Å². The number of benzene rings is 2. The van der Waals surface area contributed by atoms with E-state index in [1.165, 1.54) is 19.1 Å². The highest BCUT2D eigenvalue weighted by Crippen LogP contribution is 2.14. The van der Waals surface area contributed by atoms with Crippen LogP contribution in [0.1, 0.15) is 12.5 Å². The van der Waals surface area contributed by atoms with Gasteiger partial charge in [0.2, 0.25) is 15.9 Å². The summed E-state index contributed by atoms with van der Waals surface area (Å²) in [5.41, 5.74) is 1.62. The Balaban J connectivity index is 1.88. The lowest BCUT2D eigenvalue weighted by molar-refractivity contribution is -0.114. The predicted octanol–water partition coefficient (Wildman–Crippen LogP) is 2.31. The maximum atomic E-state index is 12.2. The fraction of sp³-hybridized carbons (Fsp3) is 0.235. The number of nitrogens with one attached hydrogen (secondary N) is 2. The second kappa shape index (κ2) is 7.94. The summed E-state index contributed by atoms with van der Waals surface area (Å²) >= 11 is 0. The van der Waals surface area contributed by atoms with Crippen LogP contribution in [-0.4, -0.2) is 27.5 Å². The van der Waals surface area contributed by atoms with Crippen molar-refractivity contribution < 1.29 is 17.9 Å². The van der Waals surface area contributed by atoms with Gasteiger partial charge in [-0.25, -0.2) is 13.1 Å². The van der Waals surface area contributed by atoms with Gasteiger partial charge in [-0.3, -0.25) is 4.79 Å². The largest absolute Gasteiger partial charge is 0.492 e. The van der Waals surface area contributed by atoms with Gasteiger partial charge in [0.25, 0.3) is 0 Å². The summed E-state index contributed by atoms with van der Waals surface area (Å²) < 4.78 is 32.3. The van der Waals surface area contributed by atoms with Crippen molar-refractivity contribution in [3.05, 3.63) is 54.1 Å². The molecule has 128 valence electrons. The molecule has 0 aliphatic heterocycles. The lowest BCUT2D eigenvalue weighted by Gasteiger charge is -2.09. The van der Waals surface area contributed by atoms with Crippen molar-refractivity contribution in [2.24, 2.45) is 0 Å². The molecule has 24 heavy (non-hydrogen) atoms. The summed E-state index contributed by atoms with van der Waals surface area (Å²) in [4.78, 5) is 11.1. The molecule has 0 atom stereocenters. The van der Waals surface area contributed by atoms with Crippen molar-refractivity contribution in [1.82, 2.24) is 4.72 Å². The Morgan fingerprint density at radius 2 is 1.83 bits per heavy atom. The van der Waals surface area contributed by atoms with Crippen LogP contribution in [0.4, 0.5) is 5.69 Å². The molecule has 0 aliphatic carbocycles. The third-order valence-electron chi connectivity index (χ3n) is 3.14. The zero-order valence-corrected chi connectivity index (χ0v) is 14.4. The van der Waals surface area contributed by atoms with Crippen LogP contribution in [-0.2, 0) is 14.8 Å². The minimum Gasteiger partial charge on any atom is -0.492 e. The molecule has 0 saturated heterocycles. The van der Waals surface area contributed by atoms with Crippen molar-refractivity contribution >= 4 is 21.6 Å². The Kier molecular flexibility index (Phi) is 5.94. The molecule has 0 heterocycles. The smallest absolute Gasteiger partial charge is 0.240 e. The highest BCUT2D eigenvalue weighted by Gasteiger charge is 2.13. The van der Waals surface area contributed by atoms with E-state index in [2.05, 4.69) is 10.0 Å². The molecule has 0 unspecified atom stereocenters. The molecular formula is C17H20N2O4S. The van der Waals surface area contributed by atoms with Crippen molar-refractivity contribution in [1.29, 1.82) is 0 Å². The molecule has 0 spiro atoms. The topological polar surface area (TPSA) is 84.5 Å². The van der Waals surface area contributed by atoms with Crippen molar-refractivity contribution in [2.75, 3.05) is 18.5 Å². The molecule has 0 aliphatic rings. The molecule has 0 bridgehead atoms. The Morgan fingerprint density at radius 1 is 1.12 bits per heavy atom. The van der Waals surface area contributed by atoms with Crippen LogP contribution >= 0.6 is 0 Å². The second-order valence-electron chi connectivity index (χ2n) is 5.27. The SMILES string of the molecule is CC(=O)Nc1ccc(S(=O)(=O)NCCOc2cccc(C)c2)cc1. The lowest BCUT2D eigenvalue weighted by Crippen LogP contribution is -2.28. The number of aryl methyl sites for hydroxylation is 1. The standard InChI is InChI=1S/C17H20N2O4S/c1-13-4-3-5-16(12-13)23-11-10-18-24(21,22)17-8-6-15(7-9-17)19-14(2)20/h3-9,12,18H,10-11H2,1-2H3,(H,19,20). The van der Waals surface area contributed by atoms with Crippen LogP contribution in [0.25, 0.3) is 0 Å². The zero-order valence-electron chi connectivity index (χ0n) is 13.6. The fourth-order valence-corrected chi connectivity index (χ4v) is 3.07. The number of hydrogen-bond donors (Lipinski definition) is 2. The quantitative estimate of drug-likeness (QED) is 0.752. The van der Waals surface area contributed by atoms with Gasteiger partial charge in [-0.05, 0) is 48.9 Å². The van der Waals surface area contributed by atoms with Crippen molar-refractivity contribution in [3.8, 4) is 5.75 Å². The van der Waals surface area contributed by atoms with E-state index in [0.29, 0.717) is 11.4 Å². The average molecular weight is 348 g/mol. The van der Waals surface area contributed by atoms with E-state index in [4.69, 9.17) is 4.74 Å². The van der Waals surface area contributed by atoms with Gasteiger partial charge in [0, 0.05) is 19.2 Å². The summed E-state index contributed by atoms with van der Waals surface area (Å²) in [6.45, 7) is 3.73. The Morgan fingerprint density at radius 3 is 2.46 bits per heavy atom. The summed E-state index contributed by atoms with van der Waals surface area (Å²) in [7, 11) is -3.61. The summed E-state index contributed by atoms with van der Waals surface area (Å²) in [6.07, 6.45) is 0. The first kappa shape index (κ1) is 18.0. The van der Waals surface area contributed by atoms with Gasteiger partial charge >= 0.3 is 0 Å². The van der Waals surface area contributed by atoms with Gasteiger partial charge in [0.1, 0.15) is 12.4 Å². The van der Waals surface area contributed by atoms with Gasteiger partial charge in [-0.15, -0.1) is 0 Å². The lowest BCUT2D eigenvalue weighted by atomic mass is 10.2. The third kappa shape index (κ3) is 5.36.